The number of hydrogen-bond acceptors (Lipinski definition) is 0. The van der Waals surface area contributed by atoms with Crippen molar-refractivity contribution in [2.45, 2.75) is 6.04 Å². The Bertz CT molecular complexity index is 724. The van der Waals surface area contributed by atoms with Crippen LogP contribution in [0.25, 0.3) is 0 Å². The third kappa shape index (κ3) is 2.90. The van der Waals surface area contributed by atoms with Gasteiger partial charge < -0.3 is 0 Å². The third-order valence-electron chi connectivity index (χ3n) is 4.32. The van der Waals surface area contributed by atoms with Gasteiger partial charge in [0.2, 0.25) is 0 Å². The van der Waals surface area contributed by atoms with Crippen molar-refractivity contribution in [2.75, 3.05) is 0 Å². The molecule has 3 rings (SSSR count). The van der Waals surface area contributed by atoms with E-state index in [0.29, 0.717) is 0 Å². The molecule has 0 saturated heterocycles. The lowest BCUT2D eigenvalue weighted by molar-refractivity contribution is 0.628. The number of rotatable bonds is 5. The smallest absolute Gasteiger partial charge is 0.151 e. The highest BCUT2D eigenvalue weighted by Crippen LogP contribution is 2.13. The Labute approximate surface area is 137 Å². The molecule has 0 aromatic heterocycles. The normalized spacial score (nSPS) is 11.2. The summed E-state index contributed by atoms with van der Waals surface area (Å²) in [5.41, 5.74) is 0. The Hall–Kier alpha value is -2.45. The summed E-state index contributed by atoms with van der Waals surface area (Å²) in [6.45, 7) is 4.00. The van der Waals surface area contributed by atoms with E-state index in [1.54, 1.807) is 12.1 Å². The fourth-order valence-electron chi connectivity index (χ4n) is 3.25. The SMILES string of the molecule is C=CC[Si](c1ccccc1)(c1ccccc1)c1ccc(F)cc1. The first-order valence-corrected chi connectivity index (χ1v) is 9.96. The van der Waals surface area contributed by atoms with Crippen molar-refractivity contribution in [3.05, 3.63) is 103 Å². The summed E-state index contributed by atoms with van der Waals surface area (Å²) in [5.74, 6) is -0.198. The van der Waals surface area contributed by atoms with Crippen LogP contribution >= 0.6 is 0 Å². The van der Waals surface area contributed by atoms with Gasteiger partial charge in [0.25, 0.3) is 0 Å². The van der Waals surface area contributed by atoms with Crippen molar-refractivity contribution >= 4 is 23.6 Å². The molecule has 0 nitrogen and oxygen atoms in total. The Morgan fingerprint density at radius 2 is 1.13 bits per heavy atom. The zero-order valence-corrected chi connectivity index (χ0v) is 14.0. The molecule has 0 amide bonds. The maximum atomic E-state index is 13.5. The molecule has 2 heteroatoms. The van der Waals surface area contributed by atoms with Crippen LogP contribution in [0.4, 0.5) is 4.39 Å². The summed E-state index contributed by atoms with van der Waals surface area (Å²) in [5, 5.41) is 3.84. The summed E-state index contributed by atoms with van der Waals surface area (Å²) in [6, 6.07) is 29.0. The summed E-state index contributed by atoms with van der Waals surface area (Å²) in [6.07, 6.45) is 2.00. The molecule has 0 saturated carbocycles. The number of halogens is 1. The van der Waals surface area contributed by atoms with Crippen molar-refractivity contribution in [2.24, 2.45) is 0 Å². The van der Waals surface area contributed by atoms with Gasteiger partial charge in [0.15, 0.2) is 8.07 Å². The second-order valence-electron chi connectivity index (χ2n) is 5.64. The Kier molecular flexibility index (Phi) is 4.54. The zero-order valence-electron chi connectivity index (χ0n) is 13.0. The molecule has 0 atom stereocenters. The van der Waals surface area contributed by atoms with Crippen molar-refractivity contribution in [1.82, 2.24) is 0 Å². The van der Waals surface area contributed by atoms with Gasteiger partial charge in [-0.05, 0) is 33.7 Å². The Morgan fingerprint density at radius 1 is 0.696 bits per heavy atom. The van der Waals surface area contributed by atoms with Gasteiger partial charge in [-0.3, -0.25) is 0 Å². The van der Waals surface area contributed by atoms with Crippen LogP contribution in [-0.4, -0.2) is 8.07 Å². The number of benzene rings is 3. The first kappa shape index (κ1) is 15.4. The molecule has 3 aromatic carbocycles. The first-order valence-electron chi connectivity index (χ1n) is 7.75. The zero-order chi connectivity index (χ0) is 16.1. The van der Waals surface area contributed by atoms with Gasteiger partial charge in [-0.2, -0.15) is 0 Å². The van der Waals surface area contributed by atoms with Gasteiger partial charge in [0.05, 0.1) is 0 Å². The van der Waals surface area contributed by atoms with Crippen molar-refractivity contribution < 1.29 is 4.39 Å². The van der Waals surface area contributed by atoms with E-state index in [9.17, 15) is 4.39 Å². The number of hydrogen-bond donors (Lipinski definition) is 0. The standard InChI is InChI=1S/C21H19FSi/c1-2-17-23(19-9-5-3-6-10-19,20-11-7-4-8-12-20)21-15-13-18(22)14-16-21/h2-16H,1,17H2. The summed E-state index contributed by atoms with van der Waals surface area (Å²) in [7, 11) is -2.23. The van der Waals surface area contributed by atoms with Gasteiger partial charge in [-0.1, -0.05) is 78.9 Å². The van der Waals surface area contributed by atoms with Crippen LogP contribution in [0.2, 0.25) is 6.04 Å². The average molecular weight is 318 g/mol. The molecule has 0 aliphatic rings. The second-order valence-corrected chi connectivity index (χ2v) is 9.59. The molecular formula is C21H19FSi. The fraction of sp³-hybridized carbons (Fsp3) is 0.0476. The molecule has 0 unspecified atom stereocenters. The van der Waals surface area contributed by atoms with Crippen molar-refractivity contribution in [3.8, 4) is 0 Å². The highest BCUT2D eigenvalue weighted by atomic mass is 28.3. The topological polar surface area (TPSA) is 0 Å². The monoisotopic (exact) mass is 318 g/mol. The average Bonchev–Trinajstić information content (AvgIpc) is 2.62. The molecule has 3 aromatic rings. The van der Waals surface area contributed by atoms with Crippen LogP contribution in [0.1, 0.15) is 0 Å². The van der Waals surface area contributed by atoms with Gasteiger partial charge in [0.1, 0.15) is 5.82 Å². The largest absolute Gasteiger partial charge is 0.207 e. The molecule has 0 spiro atoms. The van der Waals surface area contributed by atoms with Crippen molar-refractivity contribution in [1.29, 1.82) is 0 Å². The fourth-order valence-corrected chi connectivity index (χ4v) is 7.65. The molecule has 114 valence electrons. The van der Waals surface area contributed by atoms with E-state index < -0.39 is 8.07 Å². The Balaban J connectivity index is 2.30. The molecule has 0 aliphatic carbocycles. The minimum Gasteiger partial charge on any atom is -0.207 e. The Morgan fingerprint density at radius 3 is 1.57 bits per heavy atom. The lowest BCUT2D eigenvalue weighted by Gasteiger charge is -2.32. The molecular weight excluding hydrogens is 299 g/mol. The highest BCUT2D eigenvalue weighted by molar-refractivity contribution is 7.11. The maximum absolute atomic E-state index is 13.5. The van der Waals surface area contributed by atoms with E-state index >= 15 is 0 Å². The van der Waals surface area contributed by atoms with Crippen LogP contribution < -0.4 is 15.6 Å². The highest BCUT2D eigenvalue weighted by Gasteiger charge is 2.37. The van der Waals surface area contributed by atoms with Crippen LogP contribution in [0.5, 0.6) is 0 Å². The summed E-state index contributed by atoms with van der Waals surface area (Å²) < 4.78 is 13.5. The molecule has 0 bridgehead atoms. The summed E-state index contributed by atoms with van der Waals surface area (Å²) in [4.78, 5) is 0. The summed E-state index contributed by atoms with van der Waals surface area (Å²) >= 11 is 0. The van der Waals surface area contributed by atoms with E-state index in [4.69, 9.17) is 0 Å². The van der Waals surface area contributed by atoms with Crippen LogP contribution in [0.15, 0.2) is 97.6 Å². The van der Waals surface area contributed by atoms with Crippen LogP contribution in [0.3, 0.4) is 0 Å². The number of allylic oxidation sites excluding steroid dienone is 1. The minimum absolute atomic E-state index is 0.198. The van der Waals surface area contributed by atoms with E-state index in [0.717, 1.165) is 6.04 Å². The van der Waals surface area contributed by atoms with Gasteiger partial charge in [-0.25, -0.2) is 4.39 Å². The van der Waals surface area contributed by atoms with E-state index in [-0.39, 0.29) is 5.82 Å². The maximum Gasteiger partial charge on any atom is 0.151 e. The predicted octanol–water partition coefficient (Wildman–Crippen LogP) is 3.48. The predicted molar refractivity (Wildman–Crippen MR) is 98.9 cm³/mol. The van der Waals surface area contributed by atoms with Crippen LogP contribution in [0, 0.1) is 5.82 Å². The molecule has 0 radical (unpaired) electrons. The van der Waals surface area contributed by atoms with Crippen molar-refractivity contribution in [3.63, 3.8) is 0 Å². The quantitative estimate of drug-likeness (QED) is 0.384. The minimum atomic E-state index is -2.23. The van der Waals surface area contributed by atoms with Gasteiger partial charge in [-0.15, -0.1) is 6.58 Å². The second kappa shape index (κ2) is 6.76. The lowest BCUT2D eigenvalue weighted by Crippen LogP contribution is -2.66. The van der Waals surface area contributed by atoms with Gasteiger partial charge >= 0.3 is 0 Å². The van der Waals surface area contributed by atoms with E-state index in [1.165, 1.54) is 15.6 Å². The molecule has 23 heavy (non-hydrogen) atoms. The van der Waals surface area contributed by atoms with E-state index in [1.807, 2.05) is 30.3 Å². The third-order valence-corrected chi connectivity index (χ3v) is 9.18. The molecule has 0 fully saturated rings. The molecule has 0 N–H and O–H groups in total. The molecule has 0 heterocycles. The van der Waals surface area contributed by atoms with Crippen LogP contribution in [-0.2, 0) is 0 Å². The first-order chi connectivity index (χ1) is 11.3. The van der Waals surface area contributed by atoms with Gasteiger partial charge in [0, 0.05) is 0 Å². The lowest BCUT2D eigenvalue weighted by atomic mass is 10.3. The van der Waals surface area contributed by atoms with E-state index in [2.05, 4.69) is 55.1 Å². The molecule has 0 aliphatic heterocycles.